The van der Waals surface area contributed by atoms with Crippen LogP contribution in [0.2, 0.25) is 0 Å². The molecule has 0 aliphatic carbocycles. The Morgan fingerprint density at radius 3 is 2.14 bits per heavy atom. The highest BCUT2D eigenvalue weighted by Gasteiger charge is 2.25. The van der Waals surface area contributed by atoms with Gasteiger partial charge in [-0.1, -0.05) is 20.8 Å². The van der Waals surface area contributed by atoms with Crippen LogP contribution in [-0.4, -0.2) is 18.1 Å². The molecule has 0 saturated carbocycles. The van der Waals surface area contributed by atoms with Gasteiger partial charge < -0.3 is 10.5 Å². The molecular formula is C11H23NO2. The molecule has 2 N–H and O–H groups in total. The molecule has 0 amide bonds. The quantitative estimate of drug-likeness (QED) is 0.693. The molecule has 0 rings (SSSR count). The largest absolute Gasteiger partial charge is 0.361 e. The van der Waals surface area contributed by atoms with Gasteiger partial charge in [-0.3, -0.25) is 4.79 Å². The Labute approximate surface area is 87.0 Å². The van der Waals surface area contributed by atoms with E-state index in [1.54, 1.807) is 0 Å². The summed E-state index contributed by atoms with van der Waals surface area (Å²) in [6, 6.07) is 0. The van der Waals surface area contributed by atoms with E-state index in [1.807, 2.05) is 34.6 Å². The van der Waals surface area contributed by atoms with Crippen molar-refractivity contribution < 1.29 is 9.53 Å². The number of Topliss-reactive ketones (excluding diaryl/α,β-unsaturated/α-hetero) is 1. The zero-order valence-electron chi connectivity index (χ0n) is 10.0. The van der Waals surface area contributed by atoms with Crippen LogP contribution in [0.3, 0.4) is 0 Å². The van der Waals surface area contributed by atoms with Crippen molar-refractivity contribution in [3.8, 4) is 0 Å². The Morgan fingerprint density at radius 1 is 1.29 bits per heavy atom. The van der Waals surface area contributed by atoms with E-state index in [-0.39, 0.29) is 11.2 Å². The fourth-order valence-corrected chi connectivity index (χ4v) is 1.14. The van der Waals surface area contributed by atoms with Crippen LogP contribution in [-0.2, 0) is 9.53 Å². The van der Waals surface area contributed by atoms with E-state index in [2.05, 4.69) is 0 Å². The molecule has 3 nitrogen and oxygen atoms in total. The molecule has 0 spiro atoms. The predicted octanol–water partition coefficient (Wildman–Crippen LogP) is 2.09. The zero-order chi connectivity index (χ0) is 11.4. The number of hydrogen-bond donors (Lipinski definition) is 1. The van der Waals surface area contributed by atoms with E-state index in [0.29, 0.717) is 19.4 Å². The number of nitrogens with two attached hydrogens (primary N) is 1. The van der Waals surface area contributed by atoms with Crippen LogP contribution in [0, 0.1) is 5.41 Å². The first kappa shape index (κ1) is 13.6. The molecule has 0 aliphatic rings. The van der Waals surface area contributed by atoms with Gasteiger partial charge in [0.1, 0.15) is 11.5 Å². The molecule has 0 saturated heterocycles. The van der Waals surface area contributed by atoms with Gasteiger partial charge in [-0.15, -0.1) is 0 Å². The van der Waals surface area contributed by atoms with Crippen molar-refractivity contribution in [3.63, 3.8) is 0 Å². The number of carbonyl (C=O) groups excluding carboxylic acids is 1. The van der Waals surface area contributed by atoms with Crippen molar-refractivity contribution in [3.05, 3.63) is 0 Å². The third-order valence-electron chi connectivity index (χ3n) is 2.16. The monoisotopic (exact) mass is 201 g/mol. The smallest absolute Gasteiger partial charge is 0.138 e. The molecule has 0 radical (unpaired) electrons. The van der Waals surface area contributed by atoms with Gasteiger partial charge in [0.2, 0.25) is 0 Å². The third-order valence-corrected chi connectivity index (χ3v) is 2.16. The second-order valence-electron chi connectivity index (χ2n) is 4.92. The minimum Gasteiger partial charge on any atom is -0.361 e. The molecule has 0 aromatic carbocycles. The Bertz CT molecular complexity index is 192. The molecule has 14 heavy (non-hydrogen) atoms. The predicted molar refractivity (Wildman–Crippen MR) is 57.9 cm³/mol. The molecule has 3 heteroatoms. The van der Waals surface area contributed by atoms with Gasteiger partial charge in [0, 0.05) is 18.4 Å². The summed E-state index contributed by atoms with van der Waals surface area (Å²) < 4.78 is 5.32. The van der Waals surface area contributed by atoms with Gasteiger partial charge in [0.05, 0.1) is 0 Å². The molecule has 0 fully saturated rings. The van der Waals surface area contributed by atoms with Crippen LogP contribution in [0.25, 0.3) is 0 Å². The van der Waals surface area contributed by atoms with Crippen molar-refractivity contribution in [2.45, 2.75) is 53.2 Å². The van der Waals surface area contributed by atoms with E-state index in [0.717, 1.165) is 0 Å². The van der Waals surface area contributed by atoms with Crippen LogP contribution < -0.4 is 5.73 Å². The Balaban J connectivity index is 4.00. The highest BCUT2D eigenvalue weighted by atomic mass is 16.5. The summed E-state index contributed by atoms with van der Waals surface area (Å²) in [5, 5.41) is 0. The van der Waals surface area contributed by atoms with Crippen molar-refractivity contribution in [1.82, 2.24) is 0 Å². The van der Waals surface area contributed by atoms with E-state index in [4.69, 9.17) is 10.5 Å². The van der Waals surface area contributed by atoms with Gasteiger partial charge >= 0.3 is 0 Å². The Hall–Kier alpha value is -0.410. The summed E-state index contributed by atoms with van der Waals surface area (Å²) in [4.78, 5) is 11.6. The first-order chi connectivity index (χ1) is 6.19. The highest BCUT2D eigenvalue weighted by Crippen LogP contribution is 2.20. The van der Waals surface area contributed by atoms with Gasteiger partial charge in [0.15, 0.2) is 0 Å². The fraction of sp³-hybridized carbons (Fsp3) is 0.909. The minimum atomic E-state index is -0.671. The molecule has 0 aromatic rings. The Morgan fingerprint density at radius 2 is 1.79 bits per heavy atom. The first-order valence-electron chi connectivity index (χ1n) is 5.15. The molecule has 0 aliphatic heterocycles. The molecule has 1 unspecified atom stereocenters. The van der Waals surface area contributed by atoms with Crippen molar-refractivity contribution >= 4 is 5.78 Å². The standard InChI is InChI=1S/C11H23NO2/c1-6-14-11(5,12)8-7-9(13)10(2,3)4/h6-8,12H2,1-5H3. The molecule has 84 valence electrons. The van der Waals surface area contributed by atoms with Gasteiger partial charge in [-0.2, -0.15) is 0 Å². The first-order valence-corrected chi connectivity index (χ1v) is 5.15. The number of rotatable bonds is 5. The van der Waals surface area contributed by atoms with Crippen molar-refractivity contribution in [1.29, 1.82) is 0 Å². The normalized spacial score (nSPS) is 16.4. The number of ether oxygens (including phenoxy) is 1. The number of carbonyl (C=O) groups is 1. The van der Waals surface area contributed by atoms with Crippen LogP contribution in [0.5, 0.6) is 0 Å². The highest BCUT2D eigenvalue weighted by molar-refractivity contribution is 5.83. The lowest BCUT2D eigenvalue weighted by molar-refractivity contribution is -0.128. The number of hydrogen-bond acceptors (Lipinski definition) is 3. The SMILES string of the molecule is CCOC(C)(N)CCC(=O)C(C)(C)C. The van der Waals surface area contributed by atoms with E-state index < -0.39 is 5.72 Å². The molecule has 0 bridgehead atoms. The molecular weight excluding hydrogens is 178 g/mol. The summed E-state index contributed by atoms with van der Waals surface area (Å²) in [6.07, 6.45) is 1.06. The van der Waals surface area contributed by atoms with Crippen molar-refractivity contribution in [2.24, 2.45) is 11.1 Å². The van der Waals surface area contributed by atoms with E-state index >= 15 is 0 Å². The summed E-state index contributed by atoms with van der Waals surface area (Å²) in [7, 11) is 0. The average molecular weight is 201 g/mol. The summed E-state index contributed by atoms with van der Waals surface area (Å²) >= 11 is 0. The molecule has 0 heterocycles. The van der Waals surface area contributed by atoms with Crippen LogP contribution in [0.4, 0.5) is 0 Å². The topological polar surface area (TPSA) is 52.3 Å². The maximum atomic E-state index is 11.6. The van der Waals surface area contributed by atoms with Gasteiger partial charge in [-0.05, 0) is 20.3 Å². The van der Waals surface area contributed by atoms with Crippen molar-refractivity contribution in [2.75, 3.05) is 6.61 Å². The van der Waals surface area contributed by atoms with E-state index in [1.165, 1.54) is 0 Å². The number of ketones is 1. The lowest BCUT2D eigenvalue weighted by atomic mass is 9.87. The summed E-state index contributed by atoms with van der Waals surface area (Å²) in [5.74, 6) is 0.230. The van der Waals surface area contributed by atoms with Gasteiger partial charge in [-0.25, -0.2) is 0 Å². The van der Waals surface area contributed by atoms with Gasteiger partial charge in [0.25, 0.3) is 0 Å². The van der Waals surface area contributed by atoms with Crippen LogP contribution in [0.15, 0.2) is 0 Å². The zero-order valence-corrected chi connectivity index (χ0v) is 10.0. The third kappa shape index (κ3) is 5.35. The maximum Gasteiger partial charge on any atom is 0.138 e. The second-order valence-corrected chi connectivity index (χ2v) is 4.92. The maximum absolute atomic E-state index is 11.6. The summed E-state index contributed by atoms with van der Waals surface area (Å²) in [6.45, 7) is 10.1. The minimum absolute atomic E-state index is 0.230. The summed E-state index contributed by atoms with van der Waals surface area (Å²) in [5.41, 5.74) is 4.90. The van der Waals surface area contributed by atoms with Crippen LogP contribution >= 0.6 is 0 Å². The average Bonchev–Trinajstić information content (AvgIpc) is 1.98. The lowest BCUT2D eigenvalue weighted by Crippen LogP contribution is -2.40. The lowest BCUT2D eigenvalue weighted by Gasteiger charge is -2.25. The van der Waals surface area contributed by atoms with E-state index in [9.17, 15) is 4.79 Å². The molecule has 1 atom stereocenters. The second kappa shape index (κ2) is 4.89. The Kier molecular flexibility index (Phi) is 4.75. The van der Waals surface area contributed by atoms with Crippen LogP contribution in [0.1, 0.15) is 47.5 Å². The fourth-order valence-electron chi connectivity index (χ4n) is 1.14. The molecule has 0 aromatic heterocycles.